The van der Waals surface area contributed by atoms with E-state index >= 15 is 0 Å². The number of halogens is 3. The van der Waals surface area contributed by atoms with Crippen LogP contribution in [-0.2, 0) is 11.3 Å². The second-order valence-electron chi connectivity index (χ2n) is 9.06. The minimum Gasteiger partial charge on any atom is -0.352 e. The number of nitrogens with one attached hydrogen (secondary N) is 2. The molecule has 0 radical (unpaired) electrons. The molecular formula is C25H29F3N4O2. The van der Waals surface area contributed by atoms with Gasteiger partial charge in [-0.3, -0.25) is 9.69 Å². The number of anilines is 1. The summed E-state index contributed by atoms with van der Waals surface area (Å²) in [7, 11) is 0. The number of urea groups is 1. The largest absolute Gasteiger partial charge is 0.404 e. The Kier molecular flexibility index (Phi) is 7.11. The van der Waals surface area contributed by atoms with Gasteiger partial charge < -0.3 is 15.5 Å². The SMILES string of the molecule is O=C(Nc1ccccc1)N1CCC(NC(=O)C2(C(F)(F)F)CCN(Cc3ccccc3)C2)CC1. The molecule has 2 aromatic rings. The first-order valence-electron chi connectivity index (χ1n) is 11.5. The van der Waals surface area contributed by atoms with Crippen LogP contribution in [0.4, 0.5) is 23.7 Å². The number of likely N-dealkylation sites (tertiary alicyclic amines) is 2. The molecule has 2 saturated heterocycles. The second-order valence-corrected chi connectivity index (χ2v) is 9.06. The molecule has 0 aliphatic carbocycles. The number of benzene rings is 2. The standard InChI is InChI=1S/C25H29F3N4O2/c26-25(27,28)24(13-16-31(18-24)17-19-7-3-1-4-8-19)22(33)29-21-11-14-32(15-12-21)23(34)30-20-9-5-2-6-10-20/h1-10,21H,11-18H2,(H,29,33)(H,30,34). The van der Waals surface area contributed by atoms with Gasteiger partial charge in [0.2, 0.25) is 5.91 Å². The summed E-state index contributed by atoms with van der Waals surface area (Å²) in [4.78, 5) is 28.7. The highest BCUT2D eigenvalue weighted by atomic mass is 19.4. The van der Waals surface area contributed by atoms with Gasteiger partial charge in [-0.1, -0.05) is 48.5 Å². The molecule has 182 valence electrons. The molecule has 1 atom stereocenters. The minimum absolute atomic E-state index is 0.208. The van der Waals surface area contributed by atoms with Crippen molar-refractivity contribution in [2.75, 3.05) is 31.5 Å². The predicted molar refractivity (Wildman–Crippen MR) is 123 cm³/mol. The molecule has 2 N–H and O–H groups in total. The lowest BCUT2D eigenvalue weighted by Crippen LogP contribution is -2.56. The molecule has 34 heavy (non-hydrogen) atoms. The highest BCUT2D eigenvalue weighted by molar-refractivity contribution is 5.89. The lowest BCUT2D eigenvalue weighted by Gasteiger charge is -2.36. The molecule has 1 unspecified atom stereocenters. The number of amides is 3. The number of carbonyl (C=O) groups is 2. The van der Waals surface area contributed by atoms with Crippen molar-refractivity contribution in [2.45, 2.75) is 38.0 Å². The first kappa shape index (κ1) is 24.1. The third-order valence-corrected chi connectivity index (χ3v) is 6.72. The van der Waals surface area contributed by atoms with Gasteiger partial charge in [0.15, 0.2) is 5.41 Å². The van der Waals surface area contributed by atoms with Crippen LogP contribution >= 0.6 is 0 Å². The van der Waals surface area contributed by atoms with Crippen molar-refractivity contribution in [3.8, 4) is 0 Å². The number of piperidine rings is 1. The molecular weight excluding hydrogens is 445 g/mol. The van der Waals surface area contributed by atoms with E-state index in [1.165, 1.54) is 0 Å². The van der Waals surface area contributed by atoms with Crippen molar-refractivity contribution < 1.29 is 22.8 Å². The fraction of sp³-hybridized carbons (Fsp3) is 0.440. The molecule has 4 rings (SSSR count). The van der Waals surface area contributed by atoms with Crippen molar-refractivity contribution in [2.24, 2.45) is 5.41 Å². The van der Waals surface area contributed by atoms with Crippen molar-refractivity contribution in [1.29, 1.82) is 0 Å². The highest BCUT2D eigenvalue weighted by Crippen LogP contribution is 2.46. The van der Waals surface area contributed by atoms with E-state index < -0.39 is 23.5 Å². The summed E-state index contributed by atoms with van der Waals surface area (Å²) in [6.07, 6.45) is -4.07. The molecule has 2 aliphatic heterocycles. The first-order chi connectivity index (χ1) is 16.3. The van der Waals surface area contributed by atoms with Crippen LogP contribution in [0, 0.1) is 5.41 Å². The van der Waals surface area contributed by atoms with Crippen LogP contribution in [0.5, 0.6) is 0 Å². The molecule has 2 aliphatic rings. The number of hydrogen-bond acceptors (Lipinski definition) is 3. The first-order valence-corrected chi connectivity index (χ1v) is 11.5. The summed E-state index contributed by atoms with van der Waals surface area (Å²) in [5.74, 6) is -0.956. The van der Waals surface area contributed by atoms with Crippen LogP contribution in [-0.4, -0.2) is 60.1 Å². The Hall–Kier alpha value is -3.07. The maximum Gasteiger partial charge on any atom is 0.404 e. The molecule has 2 aromatic carbocycles. The molecule has 0 aromatic heterocycles. The zero-order valence-electron chi connectivity index (χ0n) is 18.9. The highest BCUT2D eigenvalue weighted by Gasteiger charge is 2.63. The van der Waals surface area contributed by atoms with Gasteiger partial charge >= 0.3 is 12.2 Å². The van der Waals surface area contributed by atoms with Crippen LogP contribution in [0.25, 0.3) is 0 Å². The fourth-order valence-corrected chi connectivity index (χ4v) is 4.69. The van der Waals surface area contributed by atoms with Crippen LogP contribution in [0.2, 0.25) is 0 Å². The van der Waals surface area contributed by atoms with Gasteiger partial charge in [0.05, 0.1) is 0 Å². The summed E-state index contributed by atoms with van der Waals surface area (Å²) in [5, 5.41) is 5.47. The van der Waals surface area contributed by atoms with Gasteiger partial charge in [-0.2, -0.15) is 13.2 Å². The third-order valence-electron chi connectivity index (χ3n) is 6.72. The van der Waals surface area contributed by atoms with E-state index in [4.69, 9.17) is 0 Å². The smallest absolute Gasteiger partial charge is 0.352 e. The molecule has 0 spiro atoms. The predicted octanol–water partition coefficient (Wildman–Crippen LogP) is 4.25. The molecule has 3 amide bonds. The number of alkyl halides is 3. The molecule has 0 bridgehead atoms. The average molecular weight is 475 g/mol. The Balaban J connectivity index is 1.33. The summed E-state index contributed by atoms with van der Waals surface area (Å²) >= 11 is 0. The van der Waals surface area contributed by atoms with Gasteiger partial charge in [-0.25, -0.2) is 4.79 Å². The van der Waals surface area contributed by atoms with E-state index in [2.05, 4.69) is 10.6 Å². The van der Waals surface area contributed by atoms with E-state index in [0.29, 0.717) is 38.2 Å². The Labute approximate surface area is 197 Å². The normalized spacial score (nSPS) is 21.9. The maximum absolute atomic E-state index is 14.2. The summed E-state index contributed by atoms with van der Waals surface area (Å²) in [5.41, 5.74) is -0.817. The minimum atomic E-state index is -4.64. The zero-order valence-corrected chi connectivity index (χ0v) is 18.9. The lowest BCUT2D eigenvalue weighted by molar-refractivity contribution is -0.218. The summed E-state index contributed by atoms with van der Waals surface area (Å²) in [6.45, 7) is 0.960. The van der Waals surface area contributed by atoms with Gasteiger partial charge in [-0.05, 0) is 43.5 Å². The van der Waals surface area contributed by atoms with Crippen LogP contribution < -0.4 is 10.6 Å². The van der Waals surface area contributed by atoms with E-state index in [0.717, 1.165) is 5.56 Å². The molecule has 6 nitrogen and oxygen atoms in total. The molecule has 0 saturated carbocycles. The number of hydrogen-bond donors (Lipinski definition) is 2. The van der Waals surface area contributed by atoms with E-state index in [1.807, 2.05) is 48.5 Å². The van der Waals surface area contributed by atoms with Gasteiger partial charge in [-0.15, -0.1) is 0 Å². The molecule has 2 heterocycles. The van der Waals surface area contributed by atoms with Crippen LogP contribution in [0.15, 0.2) is 60.7 Å². The number of carbonyl (C=O) groups excluding carboxylic acids is 2. The van der Waals surface area contributed by atoms with E-state index in [1.54, 1.807) is 21.9 Å². The Bertz CT molecular complexity index is 979. The van der Waals surface area contributed by atoms with Crippen molar-refractivity contribution in [1.82, 2.24) is 15.1 Å². The Morgan fingerprint density at radius 2 is 1.56 bits per heavy atom. The van der Waals surface area contributed by atoms with Gasteiger partial charge in [0, 0.05) is 37.9 Å². The number of para-hydroxylation sites is 1. The van der Waals surface area contributed by atoms with Crippen LogP contribution in [0.1, 0.15) is 24.8 Å². The summed E-state index contributed by atoms with van der Waals surface area (Å²) < 4.78 is 42.5. The van der Waals surface area contributed by atoms with Crippen molar-refractivity contribution >= 4 is 17.6 Å². The lowest BCUT2D eigenvalue weighted by atomic mass is 9.84. The van der Waals surface area contributed by atoms with Crippen LogP contribution in [0.3, 0.4) is 0 Å². The topological polar surface area (TPSA) is 64.7 Å². The molecule has 2 fully saturated rings. The average Bonchev–Trinajstić information content (AvgIpc) is 3.26. The quantitative estimate of drug-likeness (QED) is 0.681. The Morgan fingerprint density at radius 3 is 2.18 bits per heavy atom. The number of rotatable bonds is 5. The monoisotopic (exact) mass is 474 g/mol. The van der Waals surface area contributed by atoms with Crippen molar-refractivity contribution in [3.63, 3.8) is 0 Å². The second kappa shape index (κ2) is 10.0. The van der Waals surface area contributed by atoms with E-state index in [-0.39, 0.29) is 25.5 Å². The zero-order chi connectivity index (χ0) is 24.2. The Morgan fingerprint density at radius 1 is 0.941 bits per heavy atom. The van der Waals surface area contributed by atoms with Gasteiger partial charge in [0.1, 0.15) is 0 Å². The van der Waals surface area contributed by atoms with E-state index in [9.17, 15) is 22.8 Å². The third kappa shape index (κ3) is 5.35. The number of nitrogens with zero attached hydrogens (tertiary/aromatic N) is 2. The van der Waals surface area contributed by atoms with Crippen molar-refractivity contribution in [3.05, 3.63) is 66.2 Å². The summed E-state index contributed by atoms with van der Waals surface area (Å²) in [6, 6.07) is 17.7. The maximum atomic E-state index is 14.2. The molecule has 9 heteroatoms. The van der Waals surface area contributed by atoms with Gasteiger partial charge in [0.25, 0.3) is 0 Å². The fourth-order valence-electron chi connectivity index (χ4n) is 4.69.